The van der Waals surface area contributed by atoms with E-state index in [9.17, 15) is 0 Å². The summed E-state index contributed by atoms with van der Waals surface area (Å²) in [5.74, 6) is 0. The van der Waals surface area contributed by atoms with E-state index in [1.807, 2.05) is 24.3 Å². The molecule has 18 heavy (non-hydrogen) atoms. The van der Waals surface area contributed by atoms with Crippen LogP contribution in [0.2, 0.25) is 5.02 Å². The van der Waals surface area contributed by atoms with Gasteiger partial charge in [-0.1, -0.05) is 23.7 Å². The number of aromatic nitrogens is 1. The van der Waals surface area contributed by atoms with Crippen molar-refractivity contribution in [2.75, 3.05) is 5.73 Å². The molecule has 0 saturated heterocycles. The second kappa shape index (κ2) is 9.92. The van der Waals surface area contributed by atoms with Gasteiger partial charge in [-0.2, -0.15) is 0 Å². The van der Waals surface area contributed by atoms with Crippen molar-refractivity contribution in [2.45, 2.75) is 0 Å². The molecule has 0 spiro atoms. The van der Waals surface area contributed by atoms with E-state index in [0.717, 1.165) is 0 Å². The van der Waals surface area contributed by atoms with E-state index in [1.165, 1.54) is 0 Å². The third-order valence-corrected chi connectivity index (χ3v) is 1.65. The molecule has 0 bridgehead atoms. The van der Waals surface area contributed by atoms with Crippen LogP contribution in [0.3, 0.4) is 0 Å². The fraction of sp³-hybridized carbons (Fsp3) is 0. The largest absolute Gasteiger partial charge is 0.399 e. The summed E-state index contributed by atoms with van der Waals surface area (Å²) in [4.78, 5) is 12.8. The second-order valence-electron chi connectivity index (χ2n) is 2.98. The zero-order chi connectivity index (χ0) is 13.8. The number of hydrogen-bond acceptors (Lipinski definition) is 3. The zero-order valence-electron chi connectivity index (χ0n) is 9.66. The van der Waals surface area contributed by atoms with Crippen LogP contribution >= 0.6 is 11.6 Å². The van der Waals surface area contributed by atoms with Crippen LogP contribution in [0.25, 0.3) is 0 Å². The Kier molecular flexibility index (Phi) is 8.67. The van der Waals surface area contributed by atoms with Gasteiger partial charge in [-0.05, 0) is 30.3 Å². The topological polar surface area (TPSA) is 108 Å². The minimum Gasteiger partial charge on any atom is -0.399 e. The molecular formula is C12H15ClN4O. The first-order valence-corrected chi connectivity index (χ1v) is 5.31. The standard InChI is InChI=1S/C6H6ClN.C5H5N.CH4N2O/c7-5-2-1-3-6(8)4-5;1-2-4-6-5-3-1;2-1(3)4/h1-4H,8H2;1-5H;(H4,2,3,4). The molecule has 1 heterocycles. The van der Waals surface area contributed by atoms with Gasteiger partial charge in [-0.15, -0.1) is 0 Å². The summed E-state index contributed by atoms with van der Waals surface area (Å²) in [6.45, 7) is 0. The van der Waals surface area contributed by atoms with Crippen molar-refractivity contribution in [2.24, 2.45) is 11.5 Å². The van der Waals surface area contributed by atoms with Gasteiger partial charge in [0.15, 0.2) is 0 Å². The highest BCUT2D eigenvalue weighted by Crippen LogP contribution is 2.10. The maximum atomic E-state index is 9.00. The van der Waals surface area contributed by atoms with Gasteiger partial charge in [0.1, 0.15) is 0 Å². The lowest BCUT2D eigenvalue weighted by molar-refractivity contribution is 0.256. The number of anilines is 1. The summed E-state index contributed by atoms with van der Waals surface area (Å²) in [6, 6.07) is 12.0. The number of amides is 2. The molecule has 6 N–H and O–H groups in total. The third kappa shape index (κ3) is 11.8. The van der Waals surface area contributed by atoms with Gasteiger partial charge in [0.2, 0.25) is 0 Å². The van der Waals surface area contributed by atoms with Crippen molar-refractivity contribution in [1.82, 2.24) is 4.98 Å². The second-order valence-corrected chi connectivity index (χ2v) is 3.42. The van der Waals surface area contributed by atoms with E-state index < -0.39 is 6.03 Å². The summed E-state index contributed by atoms with van der Waals surface area (Å²) in [5, 5.41) is 0.685. The van der Waals surface area contributed by atoms with Crippen molar-refractivity contribution < 1.29 is 4.79 Å². The summed E-state index contributed by atoms with van der Waals surface area (Å²) in [6.07, 6.45) is 3.50. The molecule has 96 valence electrons. The van der Waals surface area contributed by atoms with E-state index in [0.29, 0.717) is 10.7 Å². The van der Waals surface area contributed by atoms with Crippen molar-refractivity contribution in [1.29, 1.82) is 0 Å². The van der Waals surface area contributed by atoms with Crippen LogP contribution in [0.4, 0.5) is 10.5 Å². The number of carbonyl (C=O) groups excluding carboxylic acids is 1. The molecule has 0 saturated carbocycles. The maximum absolute atomic E-state index is 9.00. The van der Waals surface area contributed by atoms with Gasteiger partial charge >= 0.3 is 6.03 Å². The Morgan fingerprint density at radius 3 is 1.83 bits per heavy atom. The molecule has 1 aromatic heterocycles. The Labute approximate surface area is 111 Å². The lowest BCUT2D eigenvalue weighted by atomic mass is 10.3. The molecule has 6 heteroatoms. The van der Waals surface area contributed by atoms with Crippen LogP contribution in [-0.4, -0.2) is 11.0 Å². The molecular weight excluding hydrogens is 252 g/mol. The fourth-order valence-electron chi connectivity index (χ4n) is 0.819. The predicted molar refractivity (Wildman–Crippen MR) is 73.9 cm³/mol. The van der Waals surface area contributed by atoms with Crippen LogP contribution in [-0.2, 0) is 0 Å². The molecule has 2 rings (SSSR count). The van der Waals surface area contributed by atoms with Crippen molar-refractivity contribution in [3.63, 3.8) is 0 Å². The average molecular weight is 267 g/mol. The average Bonchev–Trinajstić information content (AvgIpc) is 2.31. The first-order valence-electron chi connectivity index (χ1n) is 4.93. The van der Waals surface area contributed by atoms with Gasteiger partial charge in [-0.25, -0.2) is 4.79 Å². The van der Waals surface area contributed by atoms with Gasteiger partial charge in [0, 0.05) is 23.1 Å². The smallest absolute Gasteiger partial charge is 0.309 e. The molecule has 5 nitrogen and oxygen atoms in total. The van der Waals surface area contributed by atoms with Gasteiger partial charge in [-0.3, -0.25) is 4.98 Å². The molecule has 0 radical (unpaired) electrons. The highest BCUT2D eigenvalue weighted by molar-refractivity contribution is 6.30. The monoisotopic (exact) mass is 266 g/mol. The molecule has 0 aliphatic carbocycles. The first-order chi connectivity index (χ1) is 8.52. The van der Waals surface area contributed by atoms with Gasteiger partial charge < -0.3 is 17.2 Å². The Morgan fingerprint density at radius 2 is 1.61 bits per heavy atom. The Morgan fingerprint density at radius 1 is 1.06 bits per heavy atom. The number of benzene rings is 1. The number of halogens is 1. The van der Waals surface area contributed by atoms with E-state index in [4.69, 9.17) is 22.1 Å². The number of pyridine rings is 1. The molecule has 1 aromatic carbocycles. The number of primary amides is 2. The molecule has 0 unspecified atom stereocenters. The normalized spacial score (nSPS) is 8.06. The lowest BCUT2D eigenvalue weighted by Crippen LogP contribution is -2.18. The summed E-state index contributed by atoms with van der Waals surface area (Å²) >= 11 is 5.56. The molecule has 2 amide bonds. The number of nitrogen functional groups attached to an aromatic ring is 1. The van der Waals surface area contributed by atoms with Gasteiger partial charge in [0.25, 0.3) is 0 Å². The Bertz CT molecular complexity index is 403. The lowest BCUT2D eigenvalue weighted by Gasteiger charge is -1.89. The number of rotatable bonds is 0. The highest BCUT2D eigenvalue weighted by Gasteiger charge is 1.83. The van der Waals surface area contributed by atoms with Crippen LogP contribution in [0, 0.1) is 0 Å². The molecule has 0 aliphatic rings. The van der Waals surface area contributed by atoms with Crippen molar-refractivity contribution >= 4 is 23.3 Å². The van der Waals surface area contributed by atoms with E-state index >= 15 is 0 Å². The minimum absolute atomic E-state index is 0.685. The Hall–Kier alpha value is -2.27. The molecule has 0 fully saturated rings. The SMILES string of the molecule is NC(N)=O.Nc1cccc(Cl)c1.c1ccncc1. The fourth-order valence-corrected chi connectivity index (χ4v) is 1.02. The molecule has 2 aromatic rings. The third-order valence-electron chi connectivity index (χ3n) is 1.42. The summed E-state index contributed by atoms with van der Waals surface area (Å²) < 4.78 is 0. The number of carbonyl (C=O) groups is 1. The number of hydrogen-bond donors (Lipinski definition) is 3. The van der Waals surface area contributed by atoms with E-state index in [-0.39, 0.29) is 0 Å². The van der Waals surface area contributed by atoms with E-state index in [2.05, 4.69) is 16.5 Å². The van der Waals surface area contributed by atoms with Crippen molar-refractivity contribution in [3.8, 4) is 0 Å². The van der Waals surface area contributed by atoms with Crippen LogP contribution in [0.1, 0.15) is 0 Å². The summed E-state index contributed by atoms with van der Waals surface area (Å²) in [5.41, 5.74) is 14.6. The summed E-state index contributed by atoms with van der Waals surface area (Å²) in [7, 11) is 0. The number of nitrogens with two attached hydrogens (primary N) is 3. The number of nitrogens with zero attached hydrogens (tertiary/aromatic N) is 1. The van der Waals surface area contributed by atoms with Crippen LogP contribution < -0.4 is 17.2 Å². The number of urea groups is 1. The molecule has 0 atom stereocenters. The van der Waals surface area contributed by atoms with Gasteiger partial charge in [0.05, 0.1) is 0 Å². The first kappa shape index (κ1) is 15.7. The van der Waals surface area contributed by atoms with Crippen molar-refractivity contribution in [3.05, 3.63) is 59.9 Å². The van der Waals surface area contributed by atoms with Crippen LogP contribution in [0.15, 0.2) is 54.9 Å². The van der Waals surface area contributed by atoms with E-state index in [1.54, 1.807) is 30.6 Å². The molecule has 0 aliphatic heterocycles. The zero-order valence-corrected chi connectivity index (χ0v) is 10.4. The van der Waals surface area contributed by atoms with Crippen LogP contribution in [0.5, 0.6) is 0 Å². The Balaban J connectivity index is 0.000000257. The quantitative estimate of drug-likeness (QED) is 0.635. The maximum Gasteiger partial charge on any atom is 0.309 e. The predicted octanol–water partition coefficient (Wildman–Crippen LogP) is 2.03. The highest BCUT2D eigenvalue weighted by atomic mass is 35.5. The minimum atomic E-state index is -0.833.